The zero-order chi connectivity index (χ0) is 21.4. The number of methoxy groups -OCH3 is 2. The van der Waals surface area contributed by atoms with Crippen molar-refractivity contribution in [1.29, 1.82) is 0 Å². The van der Waals surface area contributed by atoms with Crippen LogP contribution in [0.5, 0.6) is 11.5 Å². The summed E-state index contributed by atoms with van der Waals surface area (Å²) in [6.45, 7) is 1.99. The predicted molar refractivity (Wildman–Crippen MR) is 114 cm³/mol. The molecule has 1 atom stereocenters. The minimum Gasteiger partial charge on any atom is -0.497 e. The first-order chi connectivity index (χ1) is 13.8. The Balaban J connectivity index is 2.02. The molecule has 29 heavy (non-hydrogen) atoms. The Morgan fingerprint density at radius 3 is 2.48 bits per heavy atom. The van der Waals surface area contributed by atoms with Crippen LogP contribution in [0.1, 0.15) is 18.9 Å². The molecule has 0 aliphatic rings. The van der Waals surface area contributed by atoms with Gasteiger partial charge in [-0.05, 0) is 43.5 Å². The van der Waals surface area contributed by atoms with E-state index in [0.717, 1.165) is 28.3 Å². The molecular formula is C21H28N2O5S. The molecule has 0 unspecified atom stereocenters. The first-order valence-corrected chi connectivity index (χ1v) is 11.2. The van der Waals surface area contributed by atoms with E-state index in [0.29, 0.717) is 24.4 Å². The van der Waals surface area contributed by atoms with E-state index in [4.69, 9.17) is 9.47 Å². The van der Waals surface area contributed by atoms with E-state index in [9.17, 15) is 13.2 Å². The van der Waals surface area contributed by atoms with Crippen molar-refractivity contribution in [3.63, 3.8) is 0 Å². The fourth-order valence-corrected chi connectivity index (χ4v) is 4.27. The highest BCUT2D eigenvalue weighted by atomic mass is 32.2. The fourth-order valence-electron chi connectivity index (χ4n) is 3.10. The maximum atomic E-state index is 12.6. The molecule has 0 fully saturated rings. The van der Waals surface area contributed by atoms with Crippen LogP contribution in [0.25, 0.3) is 0 Å². The van der Waals surface area contributed by atoms with Gasteiger partial charge in [-0.2, -0.15) is 0 Å². The summed E-state index contributed by atoms with van der Waals surface area (Å²) in [6, 6.07) is 13.5. The van der Waals surface area contributed by atoms with Gasteiger partial charge < -0.3 is 14.8 Å². The zero-order valence-corrected chi connectivity index (χ0v) is 18.0. The van der Waals surface area contributed by atoms with E-state index < -0.39 is 16.1 Å². The molecule has 2 aromatic carbocycles. The number of anilines is 1. The molecule has 0 aromatic heterocycles. The van der Waals surface area contributed by atoms with E-state index in [-0.39, 0.29) is 5.91 Å². The topological polar surface area (TPSA) is 84.9 Å². The number of hydrogen-bond donors (Lipinski definition) is 1. The quantitative estimate of drug-likeness (QED) is 0.597. The molecule has 0 aliphatic carbocycles. The largest absolute Gasteiger partial charge is 0.497 e. The smallest absolute Gasteiger partial charge is 0.243 e. The number of para-hydroxylation sites is 1. The molecule has 0 spiro atoms. The minimum absolute atomic E-state index is 0.363. The van der Waals surface area contributed by atoms with Crippen molar-refractivity contribution in [1.82, 2.24) is 5.32 Å². The van der Waals surface area contributed by atoms with E-state index in [1.54, 1.807) is 38.3 Å². The summed E-state index contributed by atoms with van der Waals surface area (Å²) >= 11 is 0. The third kappa shape index (κ3) is 6.12. The number of rotatable bonds is 10. The van der Waals surface area contributed by atoms with E-state index in [1.807, 2.05) is 24.3 Å². The van der Waals surface area contributed by atoms with Crippen LogP contribution in [0.3, 0.4) is 0 Å². The standard InChI is InChI=1S/C21H28N2O5S/c1-16(23(29(4,25)26)18-11-7-12-19(15-18)27-2)21(24)22-14-8-10-17-9-5-6-13-20(17)28-3/h5-7,9,11-13,15-16H,8,10,14H2,1-4H3,(H,22,24)/t16-/m1/s1. The van der Waals surface area contributed by atoms with Crippen LogP contribution in [0, 0.1) is 0 Å². The number of aryl methyl sites for hydroxylation is 1. The normalized spacial score (nSPS) is 12.1. The maximum Gasteiger partial charge on any atom is 0.243 e. The summed E-state index contributed by atoms with van der Waals surface area (Å²) in [5, 5.41) is 2.82. The van der Waals surface area contributed by atoms with Gasteiger partial charge in [0.1, 0.15) is 17.5 Å². The van der Waals surface area contributed by atoms with Crippen molar-refractivity contribution >= 4 is 21.6 Å². The van der Waals surface area contributed by atoms with Crippen LogP contribution in [0.4, 0.5) is 5.69 Å². The van der Waals surface area contributed by atoms with Gasteiger partial charge in [0.15, 0.2) is 0 Å². The number of nitrogens with one attached hydrogen (secondary N) is 1. The van der Waals surface area contributed by atoms with Gasteiger partial charge in [-0.3, -0.25) is 9.10 Å². The monoisotopic (exact) mass is 420 g/mol. The summed E-state index contributed by atoms with van der Waals surface area (Å²) in [5.74, 6) is 0.965. The summed E-state index contributed by atoms with van der Waals surface area (Å²) in [5.41, 5.74) is 1.44. The summed E-state index contributed by atoms with van der Waals surface area (Å²) in [6.07, 6.45) is 2.53. The first-order valence-electron chi connectivity index (χ1n) is 9.31. The highest BCUT2D eigenvalue weighted by molar-refractivity contribution is 7.92. The highest BCUT2D eigenvalue weighted by Crippen LogP contribution is 2.25. The Bertz CT molecular complexity index is 930. The van der Waals surface area contributed by atoms with E-state index in [1.165, 1.54) is 7.11 Å². The van der Waals surface area contributed by atoms with Crippen LogP contribution in [0.15, 0.2) is 48.5 Å². The van der Waals surface area contributed by atoms with Crippen LogP contribution in [-0.4, -0.2) is 47.4 Å². The number of hydrogen-bond acceptors (Lipinski definition) is 5. The minimum atomic E-state index is -3.67. The molecule has 1 amide bonds. The lowest BCUT2D eigenvalue weighted by Gasteiger charge is -2.28. The van der Waals surface area contributed by atoms with Gasteiger partial charge in [0.2, 0.25) is 15.9 Å². The van der Waals surface area contributed by atoms with Gasteiger partial charge in [-0.15, -0.1) is 0 Å². The van der Waals surface area contributed by atoms with Crippen LogP contribution < -0.4 is 19.1 Å². The van der Waals surface area contributed by atoms with Gasteiger partial charge in [0, 0.05) is 12.6 Å². The number of benzene rings is 2. The SMILES string of the molecule is COc1cccc(N([C@H](C)C(=O)NCCCc2ccccc2OC)S(C)(=O)=O)c1. The molecule has 0 saturated carbocycles. The zero-order valence-electron chi connectivity index (χ0n) is 17.2. The van der Waals surface area contributed by atoms with Crippen LogP contribution in [0.2, 0.25) is 0 Å². The number of carbonyl (C=O) groups excluding carboxylic acids is 1. The molecule has 2 rings (SSSR count). The Hall–Kier alpha value is -2.74. The average molecular weight is 421 g/mol. The highest BCUT2D eigenvalue weighted by Gasteiger charge is 2.29. The van der Waals surface area contributed by atoms with E-state index >= 15 is 0 Å². The number of amides is 1. The Kier molecular flexibility index (Phi) is 7.90. The number of ether oxygens (including phenoxy) is 2. The molecule has 7 nitrogen and oxygen atoms in total. The molecule has 2 aromatic rings. The molecule has 0 radical (unpaired) electrons. The molecule has 1 N–H and O–H groups in total. The van der Waals surface area contributed by atoms with Gasteiger partial charge in [-0.25, -0.2) is 8.42 Å². The number of carbonyl (C=O) groups is 1. The predicted octanol–water partition coefficient (Wildman–Crippen LogP) is 2.61. The molecule has 0 aliphatic heterocycles. The summed E-state index contributed by atoms with van der Waals surface area (Å²) in [7, 11) is -0.542. The second-order valence-corrected chi connectivity index (χ2v) is 8.50. The lowest BCUT2D eigenvalue weighted by Crippen LogP contribution is -2.48. The molecule has 0 saturated heterocycles. The second kappa shape index (κ2) is 10.2. The van der Waals surface area contributed by atoms with Crippen LogP contribution >= 0.6 is 0 Å². The van der Waals surface area contributed by atoms with Gasteiger partial charge >= 0.3 is 0 Å². The van der Waals surface area contributed by atoms with Crippen LogP contribution in [-0.2, 0) is 21.2 Å². The van der Waals surface area contributed by atoms with Crippen molar-refractivity contribution in [2.75, 3.05) is 31.3 Å². The second-order valence-electron chi connectivity index (χ2n) is 6.64. The molecule has 8 heteroatoms. The lowest BCUT2D eigenvalue weighted by molar-refractivity contribution is -0.121. The average Bonchev–Trinajstić information content (AvgIpc) is 2.70. The molecule has 0 bridgehead atoms. The molecular weight excluding hydrogens is 392 g/mol. The third-order valence-corrected chi connectivity index (χ3v) is 5.75. The maximum absolute atomic E-state index is 12.6. The van der Waals surface area contributed by atoms with Crippen molar-refractivity contribution in [2.24, 2.45) is 0 Å². The summed E-state index contributed by atoms with van der Waals surface area (Å²) in [4.78, 5) is 12.6. The fraction of sp³-hybridized carbons (Fsp3) is 0.381. The van der Waals surface area contributed by atoms with E-state index in [2.05, 4.69) is 5.32 Å². The number of sulfonamides is 1. The van der Waals surface area contributed by atoms with Gasteiger partial charge in [0.05, 0.1) is 26.2 Å². The van der Waals surface area contributed by atoms with Crippen molar-refractivity contribution in [2.45, 2.75) is 25.8 Å². The lowest BCUT2D eigenvalue weighted by atomic mass is 10.1. The molecule has 0 heterocycles. The summed E-state index contributed by atoms with van der Waals surface area (Å²) < 4.78 is 36.3. The Labute approximate surface area is 172 Å². The van der Waals surface area contributed by atoms with Crippen molar-refractivity contribution < 1.29 is 22.7 Å². The molecule has 158 valence electrons. The van der Waals surface area contributed by atoms with Gasteiger partial charge in [0.25, 0.3) is 0 Å². The third-order valence-electron chi connectivity index (χ3n) is 4.51. The number of nitrogens with zero attached hydrogens (tertiary/aromatic N) is 1. The van der Waals surface area contributed by atoms with Crippen molar-refractivity contribution in [3.8, 4) is 11.5 Å². The Morgan fingerprint density at radius 1 is 1.10 bits per heavy atom. The first kappa shape index (κ1) is 22.5. The van der Waals surface area contributed by atoms with Gasteiger partial charge in [-0.1, -0.05) is 24.3 Å². The Morgan fingerprint density at radius 2 is 1.83 bits per heavy atom. The van der Waals surface area contributed by atoms with Crippen molar-refractivity contribution in [3.05, 3.63) is 54.1 Å².